The van der Waals surface area contributed by atoms with Crippen LogP contribution in [-0.4, -0.2) is 5.11 Å². The average molecular weight is 342 g/mol. The molecule has 0 aliphatic rings. The first-order chi connectivity index (χ1) is 8.41. The predicted octanol–water partition coefficient (Wildman–Crippen LogP) is 6.33. The third kappa shape index (κ3) is 2.52. The van der Waals surface area contributed by atoms with Crippen LogP contribution in [0, 0.1) is 0 Å². The minimum atomic E-state index is -0.0232. The second kappa shape index (κ2) is 5.36. The summed E-state index contributed by atoms with van der Waals surface area (Å²) in [7, 11) is 0. The quantitative estimate of drug-likeness (QED) is 0.601. The SMILES string of the molecule is Oc1cc(Cl)c(-c2ccc(Cl)c(Cl)c2Cl)c(Cl)c1. The molecule has 0 spiro atoms. The molecule has 94 valence electrons. The predicted molar refractivity (Wildman–Crippen MR) is 78.6 cm³/mol. The van der Waals surface area contributed by atoms with Gasteiger partial charge in [-0.15, -0.1) is 0 Å². The Hall–Kier alpha value is -0.310. The summed E-state index contributed by atoms with van der Waals surface area (Å²) in [5, 5.41) is 10.8. The lowest BCUT2D eigenvalue weighted by Gasteiger charge is -2.11. The number of halogens is 5. The number of rotatable bonds is 1. The Balaban J connectivity index is 2.74. The molecular formula is C12H5Cl5O. The number of phenolic OH excluding ortho intramolecular Hbond substituents is 1. The van der Waals surface area contributed by atoms with Crippen molar-refractivity contribution in [3.05, 3.63) is 49.4 Å². The Bertz CT molecular complexity index is 601. The fourth-order valence-electron chi connectivity index (χ4n) is 1.54. The first kappa shape index (κ1) is 14.1. The van der Waals surface area contributed by atoms with Gasteiger partial charge in [0.2, 0.25) is 0 Å². The minimum Gasteiger partial charge on any atom is -0.508 e. The number of benzene rings is 2. The zero-order valence-electron chi connectivity index (χ0n) is 8.65. The Labute approximate surface area is 129 Å². The molecule has 0 aromatic heterocycles. The van der Waals surface area contributed by atoms with Gasteiger partial charge in [0.15, 0.2) is 0 Å². The summed E-state index contributed by atoms with van der Waals surface area (Å²) in [6.45, 7) is 0. The maximum absolute atomic E-state index is 9.38. The molecule has 0 aliphatic heterocycles. The van der Waals surface area contributed by atoms with E-state index >= 15 is 0 Å². The average Bonchev–Trinajstić information content (AvgIpc) is 2.28. The number of hydrogen-bond acceptors (Lipinski definition) is 1. The van der Waals surface area contributed by atoms with E-state index in [0.717, 1.165) is 0 Å². The highest BCUT2D eigenvalue weighted by Gasteiger charge is 2.16. The maximum Gasteiger partial charge on any atom is 0.118 e. The second-order valence-electron chi connectivity index (χ2n) is 3.51. The van der Waals surface area contributed by atoms with E-state index in [9.17, 15) is 5.11 Å². The third-order valence-corrected chi connectivity index (χ3v) is 4.22. The first-order valence-electron chi connectivity index (χ1n) is 4.73. The van der Waals surface area contributed by atoms with Crippen molar-refractivity contribution in [2.24, 2.45) is 0 Å². The van der Waals surface area contributed by atoms with Crippen molar-refractivity contribution >= 4 is 58.0 Å². The summed E-state index contributed by atoms with van der Waals surface area (Å²) in [6, 6.07) is 6.02. The highest BCUT2D eigenvalue weighted by molar-refractivity contribution is 6.50. The van der Waals surface area contributed by atoms with E-state index in [1.807, 2.05) is 0 Å². The van der Waals surface area contributed by atoms with Crippen molar-refractivity contribution in [2.75, 3.05) is 0 Å². The molecule has 0 heterocycles. The van der Waals surface area contributed by atoms with Crippen LogP contribution in [0.5, 0.6) is 5.75 Å². The molecule has 0 radical (unpaired) electrons. The number of hydrogen-bond donors (Lipinski definition) is 1. The smallest absolute Gasteiger partial charge is 0.118 e. The molecule has 6 heteroatoms. The highest BCUT2D eigenvalue weighted by atomic mass is 35.5. The van der Waals surface area contributed by atoms with E-state index in [1.54, 1.807) is 12.1 Å². The second-order valence-corrected chi connectivity index (χ2v) is 5.48. The highest BCUT2D eigenvalue weighted by Crippen LogP contribution is 2.44. The summed E-state index contributed by atoms with van der Waals surface area (Å²) in [6.07, 6.45) is 0. The van der Waals surface area contributed by atoms with Crippen LogP contribution < -0.4 is 0 Å². The summed E-state index contributed by atoms with van der Waals surface area (Å²) in [5.74, 6) is -0.0232. The summed E-state index contributed by atoms with van der Waals surface area (Å²) < 4.78 is 0. The molecule has 0 saturated heterocycles. The van der Waals surface area contributed by atoms with Gasteiger partial charge in [-0.3, -0.25) is 0 Å². The maximum atomic E-state index is 9.38. The lowest BCUT2D eigenvalue weighted by atomic mass is 10.1. The Kier molecular flexibility index (Phi) is 4.20. The molecule has 0 bridgehead atoms. The molecule has 1 N–H and O–H groups in total. The van der Waals surface area contributed by atoms with Crippen molar-refractivity contribution in [1.29, 1.82) is 0 Å². The van der Waals surface area contributed by atoms with Gasteiger partial charge < -0.3 is 5.11 Å². The van der Waals surface area contributed by atoms with Gasteiger partial charge in [0.05, 0.1) is 25.1 Å². The zero-order chi connectivity index (χ0) is 13.4. The molecule has 0 amide bonds. The van der Waals surface area contributed by atoms with Gasteiger partial charge in [0, 0.05) is 11.1 Å². The van der Waals surface area contributed by atoms with Gasteiger partial charge in [0.25, 0.3) is 0 Å². The fraction of sp³-hybridized carbons (Fsp3) is 0. The Morgan fingerprint density at radius 1 is 0.722 bits per heavy atom. The summed E-state index contributed by atoms with van der Waals surface area (Å²) in [4.78, 5) is 0. The van der Waals surface area contributed by atoms with Gasteiger partial charge in [0.1, 0.15) is 5.75 Å². The number of phenols is 1. The molecular weight excluding hydrogens is 337 g/mol. The van der Waals surface area contributed by atoms with Gasteiger partial charge in [-0.05, 0) is 18.2 Å². The zero-order valence-corrected chi connectivity index (χ0v) is 12.4. The molecule has 0 aliphatic carbocycles. The molecule has 2 aromatic rings. The molecule has 0 atom stereocenters. The van der Waals surface area contributed by atoms with Gasteiger partial charge in [-0.1, -0.05) is 64.1 Å². The van der Waals surface area contributed by atoms with Crippen molar-refractivity contribution in [2.45, 2.75) is 0 Å². The van der Waals surface area contributed by atoms with E-state index < -0.39 is 0 Å². The Morgan fingerprint density at radius 3 is 1.83 bits per heavy atom. The monoisotopic (exact) mass is 340 g/mol. The Morgan fingerprint density at radius 2 is 1.28 bits per heavy atom. The lowest BCUT2D eigenvalue weighted by Crippen LogP contribution is -1.85. The van der Waals surface area contributed by atoms with Crippen LogP contribution in [0.15, 0.2) is 24.3 Å². The minimum absolute atomic E-state index is 0.0232. The van der Waals surface area contributed by atoms with Crippen LogP contribution in [0.2, 0.25) is 25.1 Å². The largest absolute Gasteiger partial charge is 0.508 e. The normalized spacial score (nSPS) is 10.7. The van der Waals surface area contributed by atoms with E-state index in [-0.39, 0.29) is 25.8 Å². The molecule has 2 rings (SSSR count). The molecule has 0 fully saturated rings. The van der Waals surface area contributed by atoms with Crippen LogP contribution in [0.1, 0.15) is 0 Å². The van der Waals surface area contributed by atoms with Crippen LogP contribution >= 0.6 is 58.0 Å². The van der Waals surface area contributed by atoms with Gasteiger partial charge in [-0.2, -0.15) is 0 Å². The number of aromatic hydroxyl groups is 1. The van der Waals surface area contributed by atoms with Crippen molar-refractivity contribution in [3.8, 4) is 16.9 Å². The molecule has 2 aromatic carbocycles. The topological polar surface area (TPSA) is 20.2 Å². The third-order valence-electron chi connectivity index (χ3n) is 2.33. The van der Waals surface area contributed by atoms with Crippen LogP contribution in [-0.2, 0) is 0 Å². The van der Waals surface area contributed by atoms with Crippen molar-refractivity contribution in [1.82, 2.24) is 0 Å². The summed E-state index contributed by atoms with van der Waals surface area (Å²) in [5.41, 5.74) is 1.06. The van der Waals surface area contributed by atoms with Crippen molar-refractivity contribution in [3.63, 3.8) is 0 Å². The van der Waals surface area contributed by atoms with Crippen LogP contribution in [0.3, 0.4) is 0 Å². The summed E-state index contributed by atoms with van der Waals surface area (Å²) >= 11 is 30.1. The molecule has 18 heavy (non-hydrogen) atoms. The van der Waals surface area contributed by atoms with Gasteiger partial charge >= 0.3 is 0 Å². The van der Waals surface area contributed by atoms with E-state index in [1.165, 1.54) is 12.1 Å². The van der Waals surface area contributed by atoms with Gasteiger partial charge in [-0.25, -0.2) is 0 Å². The van der Waals surface area contributed by atoms with Crippen LogP contribution in [0.25, 0.3) is 11.1 Å². The standard InChI is InChI=1S/C12H5Cl5O/c13-7-2-1-6(11(16)12(7)17)10-8(14)3-5(18)4-9(10)15/h1-4,18H. The lowest BCUT2D eigenvalue weighted by molar-refractivity contribution is 0.475. The van der Waals surface area contributed by atoms with E-state index in [4.69, 9.17) is 58.0 Å². The molecule has 0 saturated carbocycles. The van der Waals surface area contributed by atoms with E-state index in [2.05, 4.69) is 0 Å². The fourth-order valence-corrected chi connectivity index (χ4v) is 2.85. The van der Waals surface area contributed by atoms with Crippen LogP contribution in [0.4, 0.5) is 0 Å². The molecule has 0 unspecified atom stereocenters. The van der Waals surface area contributed by atoms with E-state index in [0.29, 0.717) is 16.1 Å². The van der Waals surface area contributed by atoms with Crippen molar-refractivity contribution < 1.29 is 5.11 Å². The molecule has 1 nitrogen and oxygen atoms in total. The first-order valence-corrected chi connectivity index (χ1v) is 6.62.